The van der Waals surface area contributed by atoms with Gasteiger partial charge in [-0.15, -0.1) is 0 Å². The molecule has 0 aliphatic carbocycles. The van der Waals surface area contributed by atoms with Gasteiger partial charge in [-0.1, -0.05) is 60.1 Å². The predicted octanol–water partition coefficient (Wildman–Crippen LogP) is 4.81. The number of fused-ring (bicyclic) bond motifs is 1. The van der Waals surface area contributed by atoms with Crippen LogP contribution in [0.5, 0.6) is 0 Å². The van der Waals surface area contributed by atoms with Crippen LogP contribution in [0, 0.1) is 0 Å². The summed E-state index contributed by atoms with van der Waals surface area (Å²) >= 11 is 11.1. The summed E-state index contributed by atoms with van der Waals surface area (Å²) in [5.74, 6) is 0. The van der Waals surface area contributed by atoms with Crippen molar-refractivity contribution in [3.63, 3.8) is 0 Å². The molecule has 0 bridgehead atoms. The summed E-state index contributed by atoms with van der Waals surface area (Å²) in [4.78, 5) is 0. The van der Waals surface area contributed by atoms with Gasteiger partial charge < -0.3 is 5.32 Å². The third-order valence-corrected chi connectivity index (χ3v) is 3.70. The number of benzene rings is 3. The number of anilines is 1. The summed E-state index contributed by atoms with van der Waals surface area (Å²) in [6.45, 7) is 0. The third kappa shape index (κ3) is 4.06. The van der Waals surface area contributed by atoms with E-state index in [1.165, 1.54) is 5.39 Å². The van der Waals surface area contributed by atoms with Gasteiger partial charge in [0.05, 0.1) is 6.21 Å². The molecule has 0 saturated heterocycles. The first-order valence-electron chi connectivity index (χ1n) is 7.06. The summed E-state index contributed by atoms with van der Waals surface area (Å²) in [6, 6.07) is 21.6. The molecule has 0 amide bonds. The van der Waals surface area contributed by atoms with Gasteiger partial charge in [0.1, 0.15) is 0 Å². The molecule has 3 rings (SSSR count). The summed E-state index contributed by atoms with van der Waals surface area (Å²) in [5, 5.41) is 10.6. The zero-order valence-electron chi connectivity index (χ0n) is 12.2. The molecule has 5 heteroatoms. The number of halogens is 1. The van der Waals surface area contributed by atoms with Crippen molar-refractivity contribution < 1.29 is 0 Å². The Morgan fingerprint density at radius 2 is 1.78 bits per heavy atom. The number of hydrazone groups is 1. The second-order valence-corrected chi connectivity index (χ2v) is 5.75. The zero-order valence-corrected chi connectivity index (χ0v) is 13.7. The first-order valence-corrected chi connectivity index (χ1v) is 7.84. The lowest BCUT2D eigenvalue weighted by molar-refractivity contribution is 1.05. The van der Waals surface area contributed by atoms with Gasteiger partial charge >= 0.3 is 0 Å². The molecule has 0 aliphatic heterocycles. The number of rotatable bonds is 3. The summed E-state index contributed by atoms with van der Waals surface area (Å²) in [7, 11) is 0. The lowest BCUT2D eigenvalue weighted by Crippen LogP contribution is -2.23. The molecule has 0 fully saturated rings. The van der Waals surface area contributed by atoms with E-state index in [9.17, 15) is 0 Å². The Balaban J connectivity index is 1.67. The maximum atomic E-state index is 5.93. The Morgan fingerprint density at radius 3 is 2.65 bits per heavy atom. The van der Waals surface area contributed by atoms with Crippen LogP contribution in [0.25, 0.3) is 10.8 Å². The minimum atomic E-state index is 0.406. The Labute approximate surface area is 145 Å². The van der Waals surface area contributed by atoms with Gasteiger partial charge in [-0.25, -0.2) is 0 Å². The van der Waals surface area contributed by atoms with Crippen molar-refractivity contribution in [3.05, 3.63) is 77.3 Å². The van der Waals surface area contributed by atoms with Crippen molar-refractivity contribution >= 4 is 51.6 Å². The lowest BCUT2D eigenvalue weighted by Gasteiger charge is -2.07. The van der Waals surface area contributed by atoms with Crippen molar-refractivity contribution in [3.8, 4) is 0 Å². The molecule has 23 heavy (non-hydrogen) atoms. The van der Waals surface area contributed by atoms with E-state index in [2.05, 4.69) is 34.0 Å². The molecule has 0 atom stereocenters. The maximum Gasteiger partial charge on any atom is 0.191 e. The Morgan fingerprint density at radius 1 is 1.00 bits per heavy atom. The molecule has 114 valence electrons. The highest BCUT2D eigenvalue weighted by Gasteiger charge is 1.98. The van der Waals surface area contributed by atoms with Gasteiger partial charge in [0.2, 0.25) is 0 Å². The van der Waals surface area contributed by atoms with Crippen LogP contribution in [0.2, 0.25) is 5.02 Å². The molecule has 3 aromatic carbocycles. The average Bonchev–Trinajstić information content (AvgIpc) is 2.55. The normalized spacial score (nSPS) is 10.8. The quantitative estimate of drug-likeness (QED) is 0.408. The van der Waals surface area contributed by atoms with Gasteiger partial charge in [-0.2, -0.15) is 5.10 Å². The van der Waals surface area contributed by atoms with Gasteiger partial charge in [-0.05, 0) is 41.2 Å². The largest absolute Gasteiger partial charge is 0.331 e. The molecule has 3 aromatic rings. The Bertz CT molecular complexity index is 872. The second kappa shape index (κ2) is 7.22. The number of thiocarbonyl (C=S) groups is 1. The van der Waals surface area contributed by atoms with E-state index in [1.807, 2.05) is 42.5 Å². The van der Waals surface area contributed by atoms with E-state index in [-0.39, 0.29) is 0 Å². The highest BCUT2D eigenvalue weighted by molar-refractivity contribution is 7.80. The van der Waals surface area contributed by atoms with E-state index in [4.69, 9.17) is 23.8 Å². The van der Waals surface area contributed by atoms with Gasteiger partial charge in [0, 0.05) is 16.3 Å². The van der Waals surface area contributed by atoms with Crippen LogP contribution in [-0.2, 0) is 0 Å². The first kappa shape index (κ1) is 15.5. The molecule has 0 heterocycles. The van der Waals surface area contributed by atoms with Crippen LogP contribution in [0.15, 0.2) is 71.8 Å². The predicted molar refractivity (Wildman–Crippen MR) is 102 cm³/mol. The SMILES string of the molecule is S=C(N/N=C\c1cccc2ccccc12)Nc1cccc(Cl)c1. The lowest BCUT2D eigenvalue weighted by atomic mass is 10.1. The topological polar surface area (TPSA) is 36.4 Å². The van der Waals surface area contributed by atoms with Crippen LogP contribution >= 0.6 is 23.8 Å². The molecular weight excluding hydrogens is 326 g/mol. The third-order valence-electron chi connectivity index (χ3n) is 3.28. The van der Waals surface area contributed by atoms with E-state index in [0.717, 1.165) is 16.6 Å². The van der Waals surface area contributed by atoms with Crippen LogP contribution < -0.4 is 10.7 Å². The molecule has 0 unspecified atom stereocenters. The van der Waals surface area contributed by atoms with Crippen molar-refractivity contribution in [1.29, 1.82) is 0 Å². The van der Waals surface area contributed by atoms with Gasteiger partial charge in [0.15, 0.2) is 5.11 Å². The zero-order chi connectivity index (χ0) is 16.1. The van der Waals surface area contributed by atoms with Crippen LogP contribution in [0.3, 0.4) is 0 Å². The minimum absolute atomic E-state index is 0.406. The Hall–Kier alpha value is -2.43. The molecule has 3 nitrogen and oxygen atoms in total. The standard InChI is InChI=1S/C18H14ClN3S/c19-15-8-4-9-16(11-15)21-18(23)22-20-12-14-7-3-6-13-5-1-2-10-17(13)14/h1-12H,(H2,21,22,23)/b20-12-. The summed E-state index contributed by atoms with van der Waals surface area (Å²) in [5.41, 5.74) is 4.65. The number of hydrogen-bond donors (Lipinski definition) is 2. The fraction of sp³-hybridized carbons (Fsp3) is 0. The maximum absolute atomic E-state index is 5.93. The van der Waals surface area contributed by atoms with Crippen LogP contribution in [0.4, 0.5) is 5.69 Å². The van der Waals surface area contributed by atoms with E-state index in [0.29, 0.717) is 10.1 Å². The van der Waals surface area contributed by atoms with Crippen LogP contribution in [-0.4, -0.2) is 11.3 Å². The molecule has 0 aromatic heterocycles. The molecule has 2 N–H and O–H groups in total. The van der Waals surface area contributed by atoms with Gasteiger partial charge in [0.25, 0.3) is 0 Å². The molecule has 0 saturated carbocycles. The highest BCUT2D eigenvalue weighted by Crippen LogP contribution is 2.17. The average molecular weight is 340 g/mol. The fourth-order valence-electron chi connectivity index (χ4n) is 2.25. The first-order chi connectivity index (χ1) is 11.2. The fourth-order valence-corrected chi connectivity index (χ4v) is 2.61. The number of nitrogens with zero attached hydrogens (tertiary/aromatic N) is 1. The van der Waals surface area contributed by atoms with Crippen LogP contribution in [0.1, 0.15) is 5.56 Å². The molecular formula is C18H14ClN3S. The van der Waals surface area contributed by atoms with E-state index < -0.39 is 0 Å². The van der Waals surface area contributed by atoms with Crippen molar-refractivity contribution in [2.75, 3.05) is 5.32 Å². The van der Waals surface area contributed by atoms with Crippen molar-refractivity contribution in [2.24, 2.45) is 5.10 Å². The molecule has 0 spiro atoms. The monoisotopic (exact) mass is 339 g/mol. The molecule has 0 aliphatic rings. The van der Waals surface area contributed by atoms with Crippen molar-refractivity contribution in [2.45, 2.75) is 0 Å². The smallest absolute Gasteiger partial charge is 0.191 e. The van der Waals surface area contributed by atoms with E-state index >= 15 is 0 Å². The van der Waals surface area contributed by atoms with E-state index in [1.54, 1.807) is 12.3 Å². The Kier molecular flexibility index (Phi) is 4.86. The number of nitrogens with one attached hydrogen (secondary N) is 2. The second-order valence-electron chi connectivity index (χ2n) is 4.90. The number of hydrogen-bond acceptors (Lipinski definition) is 2. The van der Waals surface area contributed by atoms with Crippen molar-refractivity contribution in [1.82, 2.24) is 5.43 Å². The molecule has 0 radical (unpaired) electrons. The summed E-state index contributed by atoms with van der Waals surface area (Å²) in [6.07, 6.45) is 1.76. The summed E-state index contributed by atoms with van der Waals surface area (Å²) < 4.78 is 0. The highest BCUT2D eigenvalue weighted by atomic mass is 35.5. The van der Waals surface area contributed by atoms with Gasteiger partial charge in [-0.3, -0.25) is 5.43 Å². The minimum Gasteiger partial charge on any atom is -0.331 e.